The minimum atomic E-state index is -0.495. The van der Waals surface area contributed by atoms with E-state index < -0.39 is 5.41 Å². The molecule has 31 heavy (non-hydrogen) atoms. The van der Waals surface area contributed by atoms with E-state index in [0.29, 0.717) is 17.4 Å². The standard InChI is InChI=1S/C23H24N6O2/c1-14(2)23(3,17-10-8-15(9-11-17)16-12-25-22(24)26-13-16)21-27-20(31-28-21)18-6-5-7-19(30)29(18)4/h5-14H,1-4H3,(H2,24,25,26). The molecule has 0 aliphatic rings. The van der Waals surface area contributed by atoms with Crippen molar-refractivity contribution in [1.29, 1.82) is 0 Å². The molecule has 0 saturated carbocycles. The van der Waals surface area contributed by atoms with E-state index in [9.17, 15) is 4.79 Å². The lowest BCUT2D eigenvalue weighted by Gasteiger charge is -2.31. The summed E-state index contributed by atoms with van der Waals surface area (Å²) >= 11 is 0. The number of hydrogen-bond donors (Lipinski definition) is 1. The van der Waals surface area contributed by atoms with Crippen molar-refractivity contribution < 1.29 is 4.52 Å². The highest BCUT2D eigenvalue weighted by molar-refractivity contribution is 5.62. The van der Waals surface area contributed by atoms with Crippen molar-refractivity contribution in [2.75, 3.05) is 5.73 Å². The van der Waals surface area contributed by atoms with Crippen LogP contribution in [-0.2, 0) is 12.5 Å². The minimum Gasteiger partial charge on any atom is -0.368 e. The van der Waals surface area contributed by atoms with Gasteiger partial charge in [-0.05, 0) is 30.0 Å². The zero-order chi connectivity index (χ0) is 22.2. The topological polar surface area (TPSA) is 113 Å². The molecule has 1 aromatic carbocycles. The van der Waals surface area contributed by atoms with Gasteiger partial charge >= 0.3 is 0 Å². The first-order valence-corrected chi connectivity index (χ1v) is 9.99. The van der Waals surface area contributed by atoms with Crippen LogP contribution in [0.25, 0.3) is 22.7 Å². The van der Waals surface area contributed by atoms with E-state index >= 15 is 0 Å². The van der Waals surface area contributed by atoms with Crippen molar-refractivity contribution in [1.82, 2.24) is 24.7 Å². The van der Waals surface area contributed by atoms with Crippen molar-refractivity contribution in [3.8, 4) is 22.7 Å². The number of rotatable bonds is 5. The Morgan fingerprint density at radius 3 is 2.35 bits per heavy atom. The van der Waals surface area contributed by atoms with Gasteiger partial charge < -0.3 is 14.8 Å². The highest BCUT2D eigenvalue weighted by atomic mass is 16.5. The second-order valence-electron chi connectivity index (χ2n) is 8.00. The zero-order valence-electron chi connectivity index (χ0n) is 17.9. The molecule has 8 heteroatoms. The van der Waals surface area contributed by atoms with Crippen LogP contribution in [0.2, 0.25) is 0 Å². The zero-order valence-corrected chi connectivity index (χ0v) is 17.9. The molecular weight excluding hydrogens is 392 g/mol. The summed E-state index contributed by atoms with van der Waals surface area (Å²) in [5.74, 6) is 1.31. The van der Waals surface area contributed by atoms with Crippen LogP contribution in [0.15, 0.2) is 64.2 Å². The third-order valence-electron chi connectivity index (χ3n) is 5.94. The van der Waals surface area contributed by atoms with Gasteiger partial charge in [-0.2, -0.15) is 4.98 Å². The second-order valence-corrected chi connectivity index (χ2v) is 8.00. The summed E-state index contributed by atoms with van der Waals surface area (Å²) in [6.07, 6.45) is 3.41. The molecule has 0 aliphatic heterocycles. The molecule has 8 nitrogen and oxygen atoms in total. The Morgan fingerprint density at radius 1 is 1.03 bits per heavy atom. The van der Waals surface area contributed by atoms with Crippen LogP contribution in [0.4, 0.5) is 5.95 Å². The SMILES string of the molecule is CC(C)C(C)(c1ccc(-c2cnc(N)nc2)cc1)c1noc(-c2cccc(=O)n2C)n1. The third-order valence-corrected chi connectivity index (χ3v) is 5.94. The molecule has 3 aromatic heterocycles. The Hall–Kier alpha value is -3.81. The van der Waals surface area contributed by atoms with Crippen LogP contribution in [0.1, 0.15) is 32.2 Å². The van der Waals surface area contributed by atoms with Crippen molar-refractivity contribution >= 4 is 5.95 Å². The molecule has 4 aromatic rings. The molecule has 0 amide bonds. The molecule has 0 aliphatic carbocycles. The van der Waals surface area contributed by atoms with E-state index in [1.54, 1.807) is 31.6 Å². The number of nitrogens with zero attached hydrogens (tertiary/aromatic N) is 5. The predicted octanol–water partition coefficient (Wildman–Crippen LogP) is 3.44. The summed E-state index contributed by atoms with van der Waals surface area (Å²) in [6.45, 7) is 6.34. The summed E-state index contributed by atoms with van der Waals surface area (Å²) in [7, 11) is 1.68. The van der Waals surface area contributed by atoms with E-state index in [0.717, 1.165) is 16.7 Å². The summed E-state index contributed by atoms with van der Waals surface area (Å²) in [6, 6.07) is 13.1. The van der Waals surface area contributed by atoms with E-state index in [1.807, 2.05) is 12.1 Å². The fraction of sp³-hybridized carbons (Fsp3) is 0.261. The van der Waals surface area contributed by atoms with Gasteiger partial charge in [0.05, 0.1) is 5.41 Å². The fourth-order valence-electron chi connectivity index (χ4n) is 3.53. The third kappa shape index (κ3) is 3.61. The number of aromatic nitrogens is 5. The summed E-state index contributed by atoms with van der Waals surface area (Å²) in [5, 5.41) is 4.29. The first kappa shape index (κ1) is 20.5. The second kappa shape index (κ2) is 7.79. The lowest BCUT2D eigenvalue weighted by atomic mass is 9.72. The largest absolute Gasteiger partial charge is 0.368 e. The van der Waals surface area contributed by atoms with Gasteiger partial charge in [0.25, 0.3) is 11.4 Å². The molecule has 1 atom stereocenters. The molecule has 0 bridgehead atoms. The maximum absolute atomic E-state index is 12.0. The Kier molecular flexibility index (Phi) is 5.14. The van der Waals surface area contributed by atoms with Crippen molar-refractivity contribution in [3.63, 3.8) is 0 Å². The van der Waals surface area contributed by atoms with Crippen LogP contribution >= 0.6 is 0 Å². The van der Waals surface area contributed by atoms with Crippen molar-refractivity contribution in [2.45, 2.75) is 26.2 Å². The van der Waals surface area contributed by atoms with Crippen LogP contribution in [0.5, 0.6) is 0 Å². The molecule has 2 N–H and O–H groups in total. The van der Waals surface area contributed by atoms with E-state index in [1.165, 1.54) is 10.6 Å². The lowest BCUT2D eigenvalue weighted by molar-refractivity contribution is 0.350. The molecule has 0 radical (unpaired) electrons. The summed E-state index contributed by atoms with van der Waals surface area (Å²) < 4.78 is 7.05. The smallest absolute Gasteiger partial charge is 0.274 e. The van der Waals surface area contributed by atoms with Crippen LogP contribution < -0.4 is 11.3 Å². The predicted molar refractivity (Wildman–Crippen MR) is 118 cm³/mol. The number of benzene rings is 1. The minimum absolute atomic E-state index is 0.133. The van der Waals surface area contributed by atoms with E-state index in [2.05, 4.69) is 53.0 Å². The molecule has 158 valence electrons. The van der Waals surface area contributed by atoms with Gasteiger partial charge in [0, 0.05) is 31.1 Å². The van der Waals surface area contributed by atoms with Crippen LogP contribution in [0, 0.1) is 5.92 Å². The Balaban J connectivity index is 1.73. The molecular formula is C23H24N6O2. The van der Waals surface area contributed by atoms with E-state index in [-0.39, 0.29) is 17.4 Å². The monoisotopic (exact) mass is 416 g/mol. The van der Waals surface area contributed by atoms with Gasteiger partial charge in [-0.3, -0.25) is 4.79 Å². The van der Waals surface area contributed by atoms with Gasteiger partial charge in [0.1, 0.15) is 5.69 Å². The normalized spacial score (nSPS) is 13.3. The van der Waals surface area contributed by atoms with Crippen LogP contribution in [0.3, 0.4) is 0 Å². The number of hydrogen-bond acceptors (Lipinski definition) is 7. The number of nitrogen functional groups attached to an aromatic ring is 1. The van der Waals surface area contributed by atoms with Gasteiger partial charge in [-0.25, -0.2) is 9.97 Å². The molecule has 0 saturated heterocycles. The maximum atomic E-state index is 12.0. The van der Waals surface area contributed by atoms with E-state index in [4.69, 9.17) is 10.3 Å². The summed E-state index contributed by atoms with van der Waals surface area (Å²) in [4.78, 5) is 24.8. The highest BCUT2D eigenvalue weighted by Gasteiger charge is 2.37. The molecule has 1 unspecified atom stereocenters. The molecule has 0 fully saturated rings. The molecule has 3 heterocycles. The number of nitrogens with two attached hydrogens (primary N) is 1. The number of pyridine rings is 1. The average molecular weight is 416 g/mol. The van der Waals surface area contributed by atoms with Gasteiger partial charge in [0.15, 0.2) is 5.82 Å². The Bertz CT molecular complexity index is 1260. The Morgan fingerprint density at radius 2 is 1.71 bits per heavy atom. The van der Waals surface area contributed by atoms with Gasteiger partial charge in [-0.1, -0.05) is 49.3 Å². The summed E-state index contributed by atoms with van der Waals surface area (Å²) in [5.41, 5.74) is 8.46. The van der Waals surface area contributed by atoms with Gasteiger partial charge in [0.2, 0.25) is 5.95 Å². The van der Waals surface area contributed by atoms with Crippen molar-refractivity contribution in [3.05, 3.63) is 76.6 Å². The molecule has 0 spiro atoms. The number of anilines is 1. The van der Waals surface area contributed by atoms with Crippen molar-refractivity contribution in [2.24, 2.45) is 13.0 Å². The van der Waals surface area contributed by atoms with Crippen LogP contribution in [-0.4, -0.2) is 24.7 Å². The fourth-order valence-corrected chi connectivity index (χ4v) is 3.53. The quantitative estimate of drug-likeness (QED) is 0.530. The Labute approximate surface area is 179 Å². The first-order chi connectivity index (χ1) is 14.8. The molecule has 4 rings (SSSR count). The first-order valence-electron chi connectivity index (χ1n) is 9.99. The average Bonchev–Trinajstić information content (AvgIpc) is 3.26. The lowest BCUT2D eigenvalue weighted by Crippen LogP contribution is -2.31. The highest BCUT2D eigenvalue weighted by Crippen LogP contribution is 2.38. The van der Waals surface area contributed by atoms with Gasteiger partial charge in [-0.15, -0.1) is 0 Å². The maximum Gasteiger partial charge on any atom is 0.274 e.